The summed E-state index contributed by atoms with van der Waals surface area (Å²) >= 11 is 0. The molecule has 190 valence electrons. The lowest BCUT2D eigenvalue weighted by atomic mass is 10.0. The van der Waals surface area contributed by atoms with Gasteiger partial charge in [0.15, 0.2) is 0 Å². The van der Waals surface area contributed by atoms with Crippen molar-refractivity contribution >= 4 is 29.4 Å². The molecule has 35 heavy (non-hydrogen) atoms. The van der Waals surface area contributed by atoms with E-state index in [2.05, 4.69) is 69.2 Å². The Morgan fingerprint density at radius 1 is 1.06 bits per heavy atom. The van der Waals surface area contributed by atoms with Crippen molar-refractivity contribution in [2.75, 3.05) is 16.3 Å². The average Bonchev–Trinajstić information content (AvgIpc) is 3.03. The van der Waals surface area contributed by atoms with Gasteiger partial charge in [-0.1, -0.05) is 31.5 Å². The number of nitrogens with zero attached hydrogens (tertiary/aromatic N) is 4. The van der Waals surface area contributed by atoms with Crippen molar-refractivity contribution < 1.29 is 9.59 Å². The molecule has 8 nitrogen and oxygen atoms in total. The number of aromatic nitrogens is 2. The third-order valence-corrected chi connectivity index (χ3v) is 6.57. The third kappa shape index (κ3) is 5.11. The van der Waals surface area contributed by atoms with E-state index in [0.717, 1.165) is 29.7 Å². The Labute approximate surface area is 209 Å². The van der Waals surface area contributed by atoms with E-state index in [0.29, 0.717) is 29.6 Å². The van der Waals surface area contributed by atoms with Gasteiger partial charge in [-0.3, -0.25) is 9.69 Å². The molecule has 8 heteroatoms. The van der Waals surface area contributed by atoms with Gasteiger partial charge in [0.2, 0.25) is 5.95 Å². The van der Waals surface area contributed by atoms with Crippen molar-refractivity contribution in [2.45, 2.75) is 93.3 Å². The number of hydrogen-bond acceptors (Lipinski definition) is 5. The predicted octanol–water partition coefficient (Wildman–Crippen LogP) is 5.15. The van der Waals surface area contributed by atoms with Crippen LogP contribution in [0.25, 0.3) is 0 Å². The monoisotopic (exact) mass is 480 g/mol. The van der Waals surface area contributed by atoms with Gasteiger partial charge in [-0.25, -0.2) is 9.78 Å². The molecule has 1 atom stereocenters. The number of anilines is 3. The second-order valence-corrected chi connectivity index (χ2v) is 9.72. The maximum absolute atomic E-state index is 13.7. The standard InChI is InChI=1S/C27H40N6O2/c1-10-20(11-2)33-24-21(22(25(33)34)30-27(35)28-15(4)5)19(9)29-26(31-24)32(12-3)23-17(7)13-16(6)14-18(23)8/h13-15,20,22H,10-12H2,1-9H3,(H2,28,30,35). The van der Waals surface area contributed by atoms with Gasteiger partial charge in [0.25, 0.3) is 5.91 Å². The van der Waals surface area contributed by atoms with Gasteiger partial charge in [0, 0.05) is 29.9 Å². The zero-order chi connectivity index (χ0) is 26.0. The van der Waals surface area contributed by atoms with E-state index in [9.17, 15) is 9.59 Å². The summed E-state index contributed by atoms with van der Waals surface area (Å²) in [5, 5.41) is 5.69. The molecule has 0 fully saturated rings. The number of fused-ring (bicyclic) bond motifs is 1. The quantitative estimate of drug-likeness (QED) is 0.545. The summed E-state index contributed by atoms with van der Waals surface area (Å²) in [6, 6.07) is 3.09. The fourth-order valence-corrected chi connectivity index (χ4v) is 5.13. The van der Waals surface area contributed by atoms with E-state index in [1.807, 2.05) is 20.8 Å². The highest BCUT2D eigenvalue weighted by molar-refractivity contribution is 6.06. The second kappa shape index (κ2) is 10.6. The van der Waals surface area contributed by atoms with E-state index < -0.39 is 6.04 Å². The number of urea groups is 1. The van der Waals surface area contributed by atoms with Crippen LogP contribution in [0, 0.1) is 27.7 Å². The molecule has 3 amide bonds. The highest BCUT2D eigenvalue weighted by Crippen LogP contribution is 2.41. The summed E-state index contributed by atoms with van der Waals surface area (Å²) in [5.41, 5.74) is 5.99. The maximum Gasteiger partial charge on any atom is 0.315 e. The fourth-order valence-electron chi connectivity index (χ4n) is 5.13. The van der Waals surface area contributed by atoms with Gasteiger partial charge in [0.05, 0.1) is 5.69 Å². The van der Waals surface area contributed by atoms with Gasteiger partial charge < -0.3 is 15.5 Å². The summed E-state index contributed by atoms with van der Waals surface area (Å²) in [6.07, 6.45) is 1.58. The van der Waals surface area contributed by atoms with Crippen LogP contribution >= 0.6 is 0 Å². The van der Waals surface area contributed by atoms with Gasteiger partial charge in [0.1, 0.15) is 11.9 Å². The van der Waals surface area contributed by atoms with Crippen molar-refractivity contribution in [3.8, 4) is 0 Å². The van der Waals surface area contributed by atoms with E-state index >= 15 is 0 Å². The molecule has 0 saturated heterocycles. The van der Waals surface area contributed by atoms with Gasteiger partial charge in [-0.2, -0.15) is 4.98 Å². The Kier molecular flexibility index (Phi) is 8.03. The molecule has 1 aromatic heterocycles. The topological polar surface area (TPSA) is 90.5 Å². The molecular formula is C27H40N6O2. The van der Waals surface area contributed by atoms with E-state index in [4.69, 9.17) is 9.97 Å². The van der Waals surface area contributed by atoms with Crippen molar-refractivity contribution in [1.82, 2.24) is 20.6 Å². The lowest BCUT2D eigenvalue weighted by Gasteiger charge is -2.29. The Bertz CT molecular complexity index is 1090. The van der Waals surface area contributed by atoms with Crippen LogP contribution in [0.15, 0.2) is 12.1 Å². The zero-order valence-corrected chi connectivity index (χ0v) is 22.6. The van der Waals surface area contributed by atoms with E-state index in [1.165, 1.54) is 5.56 Å². The minimum absolute atomic E-state index is 0.0127. The first-order valence-electron chi connectivity index (χ1n) is 12.7. The Hall–Kier alpha value is -3.16. The molecule has 2 aromatic rings. The molecule has 3 rings (SSSR count). The zero-order valence-electron chi connectivity index (χ0n) is 22.6. The van der Waals surface area contributed by atoms with Crippen LogP contribution in [0.3, 0.4) is 0 Å². The SMILES string of the molecule is CCC(CC)N1C(=O)C(NC(=O)NC(C)C)c2c(C)nc(N(CC)c3c(C)cc(C)cc3C)nc21. The normalized spacial score (nSPS) is 15.1. The second-order valence-electron chi connectivity index (χ2n) is 9.72. The van der Waals surface area contributed by atoms with Crippen molar-refractivity contribution in [2.24, 2.45) is 0 Å². The summed E-state index contributed by atoms with van der Waals surface area (Å²) in [4.78, 5) is 39.9. The average molecular weight is 481 g/mol. The van der Waals surface area contributed by atoms with Gasteiger partial charge in [-0.05, 0) is 72.4 Å². The number of benzene rings is 1. The van der Waals surface area contributed by atoms with Crippen LogP contribution in [0.4, 0.5) is 22.2 Å². The first-order chi connectivity index (χ1) is 16.5. The molecule has 1 aliphatic rings. The number of carbonyl (C=O) groups is 2. The highest BCUT2D eigenvalue weighted by atomic mass is 16.2. The summed E-state index contributed by atoms with van der Waals surface area (Å²) in [7, 11) is 0. The van der Waals surface area contributed by atoms with Crippen molar-refractivity contribution in [3.63, 3.8) is 0 Å². The first kappa shape index (κ1) is 26.4. The van der Waals surface area contributed by atoms with Crippen LogP contribution in [-0.2, 0) is 4.79 Å². The molecule has 2 heterocycles. The maximum atomic E-state index is 13.7. The number of hydrogen-bond donors (Lipinski definition) is 2. The van der Waals surface area contributed by atoms with Crippen LogP contribution in [0.5, 0.6) is 0 Å². The van der Waals surface area contributed by atoms with Crippen LogP contribution in [0.1, 0.15) is 81.4 Å². The number of amides is 3. The molecule has 0 radical (unpaired) electrons. The molecule has 1 aromatic carbocycles. The minimum Gasteiger partial charge on any atom is -0.336 e. The predicted molar refractivity (Wildman–Crippen MR) is 142 cm³/mol. The molecular weight excluding hydrogens is 440 g/mol. The minimum atomic E-state index is -0.809. The lowest BCUT2D eigenvalue weighted by Crippen LogP contribution is -2.46. The number of rotatable bonds is 8. The van der Waals surface area contributed by atoms with E-state index in [-0.39, 0.29) is 24.0 Å². The number of aryl methyl sites for hydroxylation is 4. The number of carbonyl (C=O) groups excluding carboxylic acids is 2. The Morgan fingerprint density at radius 3 is 2.17 bits per heavy atom. The first-order valence-corrected chi connectivity index (χ1v) is 12.7. The van der Waals surface area contributed by atoms with Gasteiger partial charge in [-0.15, -0.1) is 0 Å². The Balaban J connectivity index is 2.16. The fraction of sp³-hybridized carbons (Fsp3) is 0.556. The molecule has 0 saturated carbocycles. The van der Waals surface area contributed by atoms with E-state index in [1.54, 1.807) is 4.90 Å². The van der Waals surface area contributed by atoms with Gasteiger partial charge >= 0.3 is 6.03 Å². The van der Waals surface area contributed by atoms with Crippen LogP contribution in [0.2, 0.25) is 0 Å². The summed E-state index contributed by atoms with van der Waals surface area (Å²) < 4.78 is 0. The third-order valence-electron chi connectivity index (χ3n) is 6.57. The van der Waals surface area contributed by atoms with Crippen LogP contribution < -0.4 is 20.4 Å². The largest absolute Gasteiger partial charge is 0.336 e. The molecule has 0 bridgehead atoms. The van der Waals surface area contributed by atoms with Crippen molar-refractivity contribution in [1.29, 1.82) is 0 Å². The molecule has 0 spiro atoms. The van der Waals surface area contributed by atoms with Crippen LogP contribution in [-0.4, -0.2) is 40.5 Å². The molecule has 1 unspecified atom stereocenters. The summed E-state index contributed by atoms with van der Waals surface area (Å²) in [5.74, 6) is 1.00. The lowest BCUT2D eigenvalue weighted by molar-refractivity contribution is -0.120. The molecule has 0 aliphatic carbocycles. The Morgan fingerprint density at radius 2 is 1.66 bits per heavy atom. The number of nitrogens with one attached hydrogen (secondary N) is 2. The molecule has 2 N–H and O–H groups in total. The summed E-state index contributed by atoms with van der Waals surface area (Å²) in [6.45, 7) is 18.9. The highest BCUT2D eigenvalue weighted by Gasteiger charge is 2.44. The molecule has 1 aliphatic heterocycles. The van der Waals surface area contributed by atoms with Crippen molar-refractivity contribution in [3.05, 3.63) is 40.1 Å². The smallest absolute Gasteiger partial charge is 0.315 e.